The predicted molar refractivity (Wildman–Crippen MR) is 117 cm³/mol. The summed E-state index contributed by atoms with van der Waals surface area (Å²) in [7, 11) is 0. The molecule has 158 valence electrons. The van der Waals surface area contributed by atoms with E-state index in [1.807, 2.05) is 65.0 Å². The first-order chi connectivity index (χ1) is 15.2. The number of rotatable bonds is 4. The van der Waals surface area contributed by atoms with Crippen molar-refractivity contribution in [3.8, 4) is 0 Å². The van der Waals surface area contributed by atoms with Crippen LogP contribution in [0.2, 0.25) is 0 Å². The minimum absolute atomic E-state index is 0.0360. The van der Waals surface area contributed by atoms with Gasteiger partial charge in [-0.25, -0.2) is 4.68 Å². The molecule has 2 aliphatic heterocycles. The van der Waals surface area contributed by atoms with Crippen molar-refractivity contribution >= 4 is 11.9 Å². The molecule has 1 saturated heterocycles. The summed E-state index contributed by atoms with van der Waals surface area (Å²) in [6.45, 7) is 4.96. The maximum absolute atomic E-state index is 13.8. The number of allylic oxidation sites excluding steroid dienone is 1. The van der Waals surface area contributed by atoms with Crippen LogP contribution in [0.5, 0.6) is 0 Å². The van der Waals surface area contributed by atoms with Crippen molar-refractivity contribution in [1.29, 1.82) is 0 Å². The van der Waals surface area contributed by atoms with E-state index in [-0.39, 0.29) is 11.9 Å². The summed E-state index contributed by atoms with van der Waals surface area (Å²) in [6.07, 6.45) is 1.57. The molecule has 1 atom stereocenters. The number of nitrogens with zero attached hydrogens (tertiary/aromatic N) is 5. The number of morpholine rings is 1. The van der Waals surface area contributed by atoms with Gasteiger partial charge in [-0.2, -0.15) is 10.1 Å². The third-order valence-corrected chi connectivity index (χ3v) is 5.94. The summed E-state index contributed by atoms with van der Waals surface area (Å²) < 4.78 is 7.35. The van der Waals surface area contributed by atoms with Crippen LogP contribution in [0.3, 0.4) is 0 Å². The second kappa shape index (κ2) is 8.35. The Morgan fingerprint density at radius 1 is 1.03 bits per heavy atom. The first-order valence-electron chi connectivity index (χ1n) is 10.6. The number of anilines is 1. The van der Waals surface area contributed by atoms with Gasteiger partial charge < -0.3 is 14.5 Å². The van der Waals surface area contributed by atoms with E-state index < -0.39 is 0 Å². The molecule has 7 heteroatoms. The smallest absolute Gasteiger partial charge is 0.254 e. The summed E-state index contributed by atoms with van der Waals surface area (Å²) in [5.41, 5.74) is 3.81. The van der Waals surface area contributed by atoms with E-state index in [1.54, 1.807) is 6.33 Å². The second-order valence-corrected chi connectivity index (χ2v) is 7.79. The molecule has 0 aliphatic carbocycles. The van der Waals surface area contributed by atoms with Crippen LogP contribution in [0, 0.1) is 0 Å². The van der Waals surface area contributed by atoms with E-state index in [4.69, 9.17) is 4.74 Å². The van der Waals surface area contributed by atoms with Crippen molar-refractivity contribution < 1.29 is 9.53 Å². The van der Waals surface area contributed by atoms with Gasteiger partial charge in [0.25, 0.3) is 5.91 Å². The Labute approximate surface area is 181 Å². The first-order valence-corrected chi connectivity index (χ1v) is 10.6. The number of carbonyl (C=O) groups excluding carboxylic acids is 1. The van der Waals surface area contributed by atoms with Gasteiger partial charge in [-0.1, -0.05) is 60.7 Å². The lowest BCUT2D eigenvalue weighted by Crippen LogP contribution is -2.45. The van der Waals surface area contributed by atoms with Crippen molar-refractivity contribution in [3.05, 3.63) is 89.4 Å². The summed E-state index contributed by atoms with van der Waals surface area (Å²) >= 11 is 0. The maximum Gasteiger partial charge on any atom is 0.254 e. The van der Waals surface area contributed by atoms with Crippen molar-refractivity contribution in [2.75, 3.05) is 31.2 Å². The van der Waals surface area contributed by atoms with E-state index in [0.717, 1.165) is 28.3 Å². The second-order valence-electron chi connectivity index (χ2n) is 7.79. The maximum atomic E-state index is 13.8. The number of ether oxygens (including phenoxy) is 1. The van der Waals surface area contributed by atoms with E-state index >= 15 is 0 Å². The van der Waals surface area contributed by atoms with Gasteiger partial charge in [0.05, 0.1) is 25.3 Å². The molecule has 7 nitrogen and oxygen atoms in total. The van der Waals surface area contributed by atoms with Crippen molar-refractivity contribution in [2.45, 2.75) is 19.5 Å². The van der Waals surface area contributed by atoms with E-state index in [1.165, 1.54) is 0 Å². The van der Waals surface area contributed by atoms with Crippen molar-refractivity contribution in [1.82, 2.24) is 19.7 Å². The Kier molecular flexibility index (Phi) is 5.26. The minimum Gasteiger partial charge on any atom is -0.378 e. The van der Waals surface area contributed by atoms with Crippen LogP contribution in [-0.4, -0.2) is 51.9 Å². The molecule has 0 radical (unpaired) electrons. The number of hydrogen-bond donors (Lipinski definition) is 0. The Bertz CT molecular complexity index is 1090. The molecule has 0 N–H and O–H groups in total. The Hall–Kier alpha value is -3.45. The monoisotopic (exact) mass is 415 g/mol. The lowest BCUT2D eigenvalue weighted by Gasteiger charge is -2.38. The molecule has 3 heterocycles. The molecule has 0 spiro atoms. The Morgan fingerprint density at radius 2 is 1.71 bits per heavy atom. The molecule has 5 rings (SSSR count). The molecule has 0 bridgehead atoms. The molecule has 2 aromatic carbocycles. The van der Waals surface area contributed by atoms with Gasteiger partial charge in [0.1, 0.15) is 12.4 Å². The predicted octanol–water partition coefficient (Wildman–Crippen LogP) is 3.02. The zero-order valence-electron chi connectivity index (χ0n) is 17.5. The fourth-order valence-corrected chi connectivity index (χ4v) is 4.34. The van der Waals surface area contributed by atoms with Gasteiger partial charge in [-0.3, -0.25) is 4.79 Å². The van der Waals surface area contributed by atoms with Gasteiger partial charge in [-0.15, -0.1) is 0 Å². The average molecular weight is 415 g/mol. The van der Waals surface area contributed by atoms with E-state index in [9.17, 15) is 4.79 Å². The molecule has 1 aromatic heterocycles. The van der Waals surface area contributed by atoms with Crippen LogP contribution in [-0.2, 0) is 16.1 Å². The van der Waals surface area contributed by atoms with Crippen LogP contribution in [0.4, 0.5) is 5.95 Å². The lowest BCUT2D eigenvalue weighted by molar-refractivity contribution is -0.131. The molecular weight excluding hydrogens is 390 g/mol. The lowest BCUT2D eigenvalue weighted by atomic mass is 9.93. The third-order valence-electron chi connectivity index (χ3n) is 5.94. The third kappa shape index (κ3) is 3.61. The van der Waals surface area contributed by atoms with Gasteiger partial charge in [-0.05, 0) is 18.1 Å². The topological polar surface area (TPSA) is 63.5 Å². The molecule has 2 aliphatic rings. The van der Waals surface area contributed by atoms with Crippen LogP contribution >= 0.6 is 0 Å². The average Bonchev–Trinajstić information content (AvgIpc) is 3.31. The molecular formula is C24H25N5O2. The van der Waals surface area contributed by atoms with Crippen molar-refractivity contribution in [2.24, 2.45) is 0 Å². The Balaban J connectivity index is 1.63. The van der Waals surface area contributed by atoms with Crippen LogP contribution < -0.4 is 4.90 Å². The van der Waals surface area contributed by atoms with Gasteiger partial charge >= 0.3 is 0 Å². The molecule has 1 fully saturated rings. The highest BCUT2D eigenvalue weighted by Gasteiger charge is 2.38. The number of amides is 1. The number of aromatic nitrogens is 3. The summed E-state index contributed by atoms with van der Waals surface area (Å²) in [6, 6.07) is 20.0. The largest absolute Gasteiger partial charge is 0.378 e. The molecule has 3 aromatic rings. The number of hydrogen-bond acceptors (Lipinski definition) is 5. The fourth-order valence-electron chi connectivity index (χ4n) is 4.34. The van der Waals surface area contributed by atoms with Gasteiger partial charge in [0.2, 0.25) is 5.95 Å². The van der Waals surface area contributed by atoms with Crippen LogP contribution in [0.15, 0.2) is 78.3 Å². The number of benzene rings is 2. The zero-order valence-corrected chi connectivity index (χ0v) is 17.5. The summed E-state index contributed by atoms with van der Waals surface area (Å²) in [4.78, 5) is 22.3. The SMILES string of the molecule is CC1=C(C(=O)N2CCOCC2)[C@@H](c2ccccc2)n2ncnc2N1Cc1ccccc1. The highest BCUT2D eigenvalue weighted by molar-refractivity contribution is 5.97. The fraction of sp³-hybridized carbons (Fsp3) is 0.292. The highest BCUT2D eigenvalue weighted by Crippen LogP contribution is 2.39. The van der Waals surface area contributed by atoms with Crippen LogP contribution in [0.1, 0.15) is 24.1 Å². The molecule has 1 amide bonds. The van der Waals surface area contributed by atoms with Crippen LogP contribution in [0.25, 0.3) is 0 Å². The minimum atomic E-state index is -0.318. The number of fused-ring (bicyclic) bond motifs is 1. The van der Waals surface area contributed by atoms with Gasteiger partial charge in [0, 0.05) is 18.8 Å². The first kappa shape index (κ1) is 19.5. The van der Waals surface area contributed by atoms with E-state index in [0.29, 0.717) is 32.8 Å². The summed E-state index contributed by atoms with van der Waals surface area (Å²) in [5.74, 6) is 0.780. The molecule has 31 heavy (non-hydrogen) atoms. The van der Waals surface area contributed by atoms with Crippen molar-refractivity contribution in [3.63, 3.8) is 0 Å². The quantitative estimate of drug-likeness (QED) is 0.656. The molecule has 0 unspecified atom stereocenters. The Morgan fingerprint density at radius 3 is 2.42 bits per heavy atom. The van der Waals surface area contributed by atoms with E-state index in [2.05, 4.69) is 27.1 Å². The highest BCUT2D eigenvalue weighted by atomic mass is 16.5. The normalized spacial score (nSPS) is 18.8. The molecule has 0 saturated carbocycles. The van der Waals surface area contributed by atoms with Gasteiger partial charge in [0.15, 0.2) is 0 Å². The summed E-state index contributed by atoms with van der Waals surface area (Å²) in [5, 5.41) is 4.55. The zero-order chi connectivity index (χ0) is 21.2. The number of carbonyl (C=O) groups is 1. The standard InChI is InChI=1S/C24H25N5O2/c1-18-21(23(30)27-12-14-31-15-13-27)22(20-10-6-3-7-11-20)29-24(25-17-26-29)28(18)16-19-8-4-2-5-9-19/h2-11,17,22H,12-16H2,1H3/t22-/m1/s1.